The summed E-state index contributed by atoms with van der Waals surface area (Å²) in [6, 6.07) is 7.99. The second-order valence-corrected chi connectivity index (χ2v) is 8.81. The molecule has 0 spiro atoms. The number of nitrogens with one attached hydrogen (secondary N) is 1. The van der Waals surface area contributed by atoms with Crippen LogP contribution in [0.2, 0.25) is 0 Å². The number of hydrazone groups is 1. The van der Waals surface area contributed by atoms with Crippen molar-refractivity contribution in [2.45, 2.75) is 43.2 Å². The Morgan fingerprint density at radius 2 is 1.81 bits per heavy atom. The standard InChI is InChI=1S/C21H21F3N2O4S/c22-21(23,24)16-9-10-19(31(28,29)30)18(12-16)17-8-4-3-7-15(17)13-25-26-20(27)11-14-5-1-2-6-14/h3-4,7-10,12-14H,1-2,5-6,11H2,(H,26,27)(H,28,29,30)/b25-13-. The fraction of sp³-hybridized carbons (Fsp3) is 0.333. The van der Waals surface area contributed by atoms with E-state index in [0.717, 1.165) is 25.7 Å². The SMILES string of the molecule is O=C(CC1CCCC1)N/N=C\c1ccccc1-c1cc(C(F)(F)F)ccc1S(=O)(=O)O. The maximum atomic E-state index is 13.2. The molecule has 3 rings (SSSR count). The molecule has 2 N–H and O–H groups in total. The first kappa shape index (κ1) is 23.0. The van der Waals surface area contributed by atoms with Crippen molar-refractivity contribution in [3.8, 4) is 11.1 Å². The van der Waals surface area contributed by atoms with E-state index in [2.05, 4.69) is 10.5 Å². The molecule has 0 saturated heterocycles. The van der Waals surface area contributed by atoms with E-state index in [-0.39, 0.29) is 22.6 Å². The summed E-state index contributed by atoms with van der Waals surface area (Å²) in [4.78, 5) is 11.4. The largest absolute Gasteiger partial charge is 0.416 e. The molecule has 10 heteroatoms. The molecular weight excluding hydrogens is 433 g/mol. The van der Waals surface area contributed by atoms with Gasteiger partial charge in [-0.05, 0) is 42.5 Å². The molecule has 2 aromatic rings. The Bertz CT molecular complexity index is 1090. The molecule has 0 unspecified atom stereocenters. The van der Waals surface area contributed by atoms with Crippen molar-refractivity contribution in [3.05, 3.63) is 53.6 Å². The summed E-state index contributed by atoms with van der Waals surface area (Å²) in [6.07, 6.45) is 1.06. The lowest BCUT2D eigenvalue weighted by molar-refractivity contribution is -0.137. The number of carbonyl (C=O) groups is 1. The molecule has 1 amide bonds. The number of carbonyl (C=O) groups excluding carboxylic acids is 1. The van der Waals surface area contributed by atoms with Crippen molar-refractivity contribution >= 4 is 22.2 Å². The Hall–Kier alpha value is -2.72. The first-order valence-electron chi connectivity index (χ1n) is 9.66. The molecule has 6 nitrogen and oxygen atoms in total. The van der Waals surface area contributed by atoms with E-state index in [4.69, 9.17) is 0 Å². The van der Waals surface area contributed by atoms with Crippen molar-refractivity contribution in [1.82, 2.24) is 5.43 Å². The minimum absolute atomic E-state index is 0.106. The number of hydrogen-bond acceptors (Lipinski definition) is 4. The quantitative estimate of drug-likeness (QED) is 0.377. The van der Waals surface area contributed by atoms with Crippen molar-refractivity contribution < 1.29 is 30.9 Å². The summed E-state index contributed by atoms with van der Waals surface area (Å²) in [5, 5.41) is 3.87. The van der Waals surface area contributed by atoms with Gasteiger partial charge in [0, 0.05) is 17.5 Å². The van der Waals surface area contributed by atoms with Gasteiger partial charge in [0.2, 0.25) is 5.91 Å². The zero-order valence-corrected chi connectivity index (χ0v) is 17.2. The Morgan fingerprint density at radius 3 is 2.45 bits per heavy atom. The average Bonchev–Trinajstić information content (AvgIpc) is 3.19. The van der Waals surface area contributed by atoms with Crippen molar-refractivity contribution in [3.63, 3.8) is 0 Å². The third-order valence-corrected chi connectivity index (χ3v) is 6.09. The van der Waals surface area contributed by atoms with Gasteiger partial charge in [-0.1, -0.05) is 37.1 Å². The molecule has 1 aliphatic carbocycles. The summed E-state index contributed by atoms with van der Waals surface area (Å²) in [5.74, 6) is 0.0586. The zero-order chi connectivity index (χ0) is 22.6. The predicted octanol–water partition coefficient (Wildman–Crippen LogP) is 4.65. The third kappa shape index (κ3) is 5.92. The Kier molecular flexibility index (Phi) is 6.80. The van der Waals surface area contributed by atoms with E-state index in [1.165, 1.54) is 24.4 Å². The van der Waals surface area contributed by atoms with E-state index in [1.54, 1.807) is 6.07 Å². The number of benzene rings is 2. The van der Waals surface area contributed by atoms with Crippen molar-refractivity contribution in [2.75, 3.05) is 0 Å². The number of amides is 1. The van der Waals surface area contributed by atoms with Gasteiger partial charge in [0.05, 0.1) is 11.8 Å². The highest BCUT2D eigenvalue weighted by molar-refractivity contribution is 7.86. The molecule has 0 bridgehead atoms. The topological polar surface area (TPSA) is 95.8 Å². The first-order valence-corrected chi connectivity index (χ1v) is 11.1. The molecule has 0 aromatic heterocycles. The van der Waals surface area contributed by atoms with Crippen LogP contribution in [0.25, 0.3) is 11.1 Å². The predicted molar refractivity (Wildman–Crippen MR) is 109 cm³/mol. The van der Waals surface area contributed by atoms with Crippen LogP contribution in [-0.2, 0) is 21.1 Å². The first-order chi connectivity index (χ1) is 14.6. The van der Waals surface area contributed by atoms with Crippen LogP contribution in [0, 0.1) is 5.92 Å². The zero-order valence-electron chi connectivity index (χ0n) is 16.4. The van der Waals surface area contributed by atoms with Crippen LogP contribution in [0.5, 0.6) is 0 Å². The van der Waals surface area contributed by atoms with Gasteiger partial charge >= 0.3 is 6.18 Å². The summed E-state index contributed by atoms with van der Waals surface area (Å²) in [5.41, 5.74) is 1.39. The van der Waals surface area contributed by atoms with Crippen molar-refractivity contribution in [1.29, 1.82) is 0 Å². The highest BCUT2D eigenvalue weighted by atomic mass is 32.2. The maximum absolute atomic E-state index is 13.2. The van der Waals surface area contributed by atoms with Crippen LogP contribution in [0.1, 0.15) is 43.2 Å². The van der Waals surface area contributed by atoms with Crippen LogP contribution in [0.15, 0.2) is 52.5 Å². The summed E-state index contributed by atoms with van der Waals surface area (Å²) in [6.45, 7) is 0. The number of hydrogen-bond donors (Lipinski definition) is 2. The minimum atomic E-state index is -4.79. The second-order valence-electron chi connectivity index (χ2n) is 7.42. The molecule has 2 aromatic carbocycles. The summed E-state index contributed by atoms with van der Waals surface area (Å²) in [7, 11) is -4.79. The van der Waals surface area contributed by atoms with E-state index in [9.17, 15) is 30.9 Å². The molecule has 0 atom stereocenters. The number of alkyl halides is 3. The normalized spacial score (nSPS) is 15.5. The number of rotatable bonds is 6. The van der Waals surface area contributed by atoms with Gasteiger partial charge in [-0.15, -0.1) is 0 Å². The molecule has 1 aliphatic rings. The van der Waals surface area contributed by atoms with Crippen LogP contribution < -0.4 is 5.43 Å². The molecule has 0 heterocycles. The van der Waals surface area contributed by atoms with Gasteiger partial charge in [-0.3, -0.25) is 9.35 Å². The van der Waals surface area contributed by atoms with Crippen LogP contribution in [0.4, 0.5) is 13.2 Å². The van der Waals surface area contributed by atoms with Gasteiger partial charge < -0.3 is 0 Å². The summed E-state index contributed by atoms with van der Waals surface area (Å²) >= 11 is 0. The Morgan fingerprint density at radius 1 is 1.13 bits per heavy atom. The maximum Gasteiger partial charge on any atom is 0.416 e. The molecule has 0 radical (unpaired) electrons. The highest BCUT2D eigenvalue weighted by Gasteiger charge is 2.32. The minimum Gasteiger partial charge on any atom is -0.282 e. The molecule has 166 valence electrons. The lowest BCUT2D eigenvalue weighted by Gasteiger charge is -2.14. The highest BCUT2D eigenvalue weighted by Crippen LogP contribution is 2.36. The lowest BCUT2D eigenvalue weighted by atomic mass is 9.98. The lowest BCUT2D eigenvalue weighted by Crippen LogP contribution is -2.20. The molecule has 1 fully saturated rings. The van der Waals surface area contributed by atoms with E-state index in [0.29, 0.717) is 30.5 Å². The van der Waals surface area contributed by atoms with Gasteiger partial charge in [-0.2, -0.15) is 26.7 Å². The fourth-order valence-electron chi connectivity index (χ4n) is 3.69. The van der Waals surface area contributed by atoms with Gasteiger partial charge in [0.1, 0.15) is 4.90 Å². The Labute approximate surface area is 177 Å². The fourth-order valence-corrected chi connectivity index (χ4v) is 4.38. The third-order valence-electron chi connectivity index (χ3n) is 5.18. The monoisotopic (exact) mass is 454 g/mol. The number of nitrogens with zero attached hydrogens (tertiary/aromatic N) is 1. The smallest absolute Gasteiger partial charge is 0.282 e. The average molecular weight is 454 g/mol. The van der Waals surface area contributed by atoms with Gasteiger partial charge in [0.25, 0.3) is 10.1 Å². The Balaban J connectivity index is 1.92. The second kappa shape index (κ2) is 9.19. The van der Waals surface area contributed by atoms with Gasteiger partial charge in [0.15, 0.2) is 0 Å². The number of halogens is 3. The van der Waals surface area contributed by atoms with Crippen LogP contribution in [-0.4, -0.2) is 25.1 Å². The van der Waals surface area contributed by atoms with E-state index < -0.39 is 26.8 Å². The molecule has 0 aliphatic heterocycles. The van der Waals surface area contributed by atoms with Crippen LogP contribution in [0.3, 0.4) is 0 Å². The summed E-state index contributed by atoms with van der Waals surface area (Å²) < 4.78 is 72.6. The van der Waals surface area contributed by atoms with E-state index in [1.807, 2.05) is 0 Å². The van der Waals surface area contributed by atoms with Crippen LogP contribution >= 0.6 is 0 Å². The van der Waals surface area contributed by atoms with Crippen molar-refractivity contribution in [2.24, 2.45) is 11.0 Å². The molecular formula is C21H21F3N2O4S. The van der Waals surface area contributed by atoms with Gasteiger partial charge in [-0.25, -0.2) is 5.43 Å². The van der Waals surface area contributed by atoms with E-state index >= 15 is 0 Å². The molecule has 31 heavy (non-hydrogen) atoms. The molecule has 1 saturated carbocycles.